The first-order valence-corrected chi connectivity index (χ1v) is 5.42. The molecule has 0 N–H and O–H groups in total. The molecule has 1 nitrogen and oxygen atoms in total. The fourth-order valence-corrected chi connectivity index (χ4v) is 2.26. The third kappa shape index (κ3) is 1.85. The van der Waals surface area contributed by atoms with Crippen LogP contribution in [0.5, 0.6) is 0 Å². The molecule has 0 saturated carbocycles. The van der Waals surface area contributed by atoms with Gasteiger partial charge in [0.15, 0.2) is 0 Å². The SMILES string of the molecule is O=[As]c1c(I)ccc(F)c1F. The predicted molar refractivity (Wildman–Crippen MR) is 45.1 cm³/mol. The van der Waals surface area contributed by atoms with E-state index in [0.717, 1.165) is 6.07 Å². The van der Waals surface area contributed by atoms with Crippen LogP contribution >= 0.6 is 22.6 Å². The monoisotopic (exact) mass is 330 g/mol. The molecule has 5 heteroatoms. The molecule has 11 heavy (non-hydrogen) atoms. The Balaban J connectivity index is 3.40. The Morgan fingerprint density at radius 3 is 2.45 bits per heavy atom. The molecule has 0 aliphatic carbocycles. The molecule has 0 atom stereocenters. The van der Waals surface area contributed by atoms with Crippen molar-refractivity contribution in [3.63, 3.8) is 0 Å². The van der Waals surface area contributed by atoms with Crippen molar-refractivity contribution < 1.29 is 12.5 Å². The van der Waals surface area contributed by atoms with Gasteiger partial charge in [-0.2, -0.15) is 0 Å². The fourth-order valence-electron chi connectivity index (χ4n) is 0.600. The van der Waals surface area contributed by atoms with Crippen LogP contribution in [0.25, 0.3) is 0 Å². The average molecular weight is 330 g/mol. The molecule has 0 radical (unpaired) electrons. The minimum atomic E-state index is -1.49. The van der Waals surface area contributed by atoms with Gasteiger partial charge in [0.1, 0.15) is 0 Å². The van der Waals surface area contributed by atoms with Crippen LogP contribution in [-0.2, 0) is 3.74 Å². The van der Waals surface area contributed by atoms with Gasteiger partial charge in [0.05, 0.1) is 0 Å². The molecule has 0 aliphatic heterocycles. The van der Waals surface area contributed by atoms with Gasteiger partial charge in [-0.15, -0.1) is 0 Å². The van der Waals surface area contributed by atoms with Gasteiger partial charge >= 0.3 is 82.5 Å². The maximum absolute atomic E-state index is 12.7. The van der Waals surface area contributed by atoms with E-state index in [4.69, 9.17) is 0 Å². The molecule has 0 aliphatic rings. The summed E-state index contributed by atoms with van der Waals surface area (Å²) in [5.74, 6) is -1.92. The summed E-state index contributed by atoms with van der Waals surface area (Å²) in [6.45, 7) is 0. The van der Waals surface area contributed by atoms with Gasteiger partial charge in [-0.1, -0.05) is 0 Å². The third-order valence-electron chi connectivity index (χ3n) is 1.11. The van der Waals surface area contributed by atoms with Gasteiger partial charge in [0.25, 0.3) is 0 Å². The normalized spacial score (nSPS) is 10.5. The summed E-state index contributed by atoms with van der Waals surface area (Å²) in [5, 5.41) is 0. The number of hydrogen-bond acceptors (Lipinski definition) is 1. The molecular weight excluding hydrogens is 328 g/mol. The van der Waals surface area contributed by atoms with E-state index in [0.29, 0.717) is 3.57 Å². The third-order valence-corrected chi connectivity index (χ3v) is 4.24. The Labute approximate surface area is 82.2 Å². The average Bonchev–Trinajstić information content (AvgIpc) is 1.99. The van der Waals surface area contributed by atoms with Crippen molar-refractivity contribution in [3.8, 4) is 0 Å². The van der Waals surface area contributed by atoms with Gasteiger partial charge in [0, 0.05) is 0 Å². The van der Waals surface area contributed by atoms with Crippen molar-refractivity contribution in [1.29, 1.82) is 0 Å². The van der Waals surface area contributed by atoms with Crippen LogP contribution < -0.4 is 4.35 Å². The summed E-state index contributed by atoms with van der Waals surface area (Å²) < 4.78 is 36.1. The zero-order chi connectivity index (χ0) is 8.43. The molecule has 1 rings (SSSR count). The van der Waals surface area contributed by atoms with Crippen LogP contribution in [0.15, 0.2) is 12.1 Å². The van der Waals surface area contributed by atoms with Crippen LogP contribution in [0, 0.1) is 15.2 Å². The second-order valence-electron chi connectivity index (χ2n) is 1.78. The topological polar surface area (TPSA) is 17.1 Å². The summed E-state index contributed by atoms with van der Waals surface area (Å²) in [6.07, 6.45) is 0. The quantitative estimate of drug-likeness (QED) is 0.430. The van der Waals surface area contributed by atoms with E-state index >= 15 is 0 Å². The van der Waals surface area contributed by atoms with Crippen molar-refractivity contribution in [2.24, 2.45) is 0 Å². The van der Waals surface area contributed by atoms with Crippen LogP contribution in [0.4, 0.5) is 8.78 Å². The molecule has 1 aromatic rings. The van der Waals surface area contributed by atoms with Gasteiger partial charge in [0.2, 0.25) is 0 Å². The zero-order valence-corrected chi connectivity index (χ0v) is 9.18. The van der Waals surface area contributed by atoms with Gasteiger partial charge in [-0.3, -0.25) is 0 Å². The first kappa shape index (κ1) is 9.26. The molecule has 1 aromatic carbocycles. The molecule has 0 heterocycles. The Morgan fingerprint density at radius 2 is 2.00 bits per heavy atom. The second kappa shape index (κ2) is 3.72. The minimum absolute atomic E-state index is 0.00171. The van der Waals surface area contributed by atoms with Gasteiger partial charge < -0.3 is 0 Å². The molecule has 0 saturated heterocycles. The van der Waals surface area contributed by atoms with E-state index in [1.165, 1.54) is 6.07 Å². The predicted octanol–water partition coefficient (Wildman–Crippen LogP) is 1.24. The van der Waals surface area contributed by atoms with Crippen LogP contribution in [-0.4, -0.2) is 15.7 Å². The van der Waals surface area contributed by atoms with Crippen molar-refractivity contribution in [2.75, 3.05) is 0 Å². The number of benzene rings is 1. The van der Waals surface area contributed by atoms with Crippen LogP contribution in [0.1, 0.15) is 0 Å². The van der Waals surface area contributed by atoms with E-state index in [1.807, 2.05) is 22.6 Å². The van der Waals surface area contributed by atoms with E-state index in [2.05, 4.69) is 0 Å². The van der Waals surface area contributed by atoms with Crippen molar-refractivity contribution in [3.05, 3.63) is 27.3 Å². The van der Waals surface area contributed by atoms with Gasteiger partial charge in [-0.05, 0) is 0 Å². The van der Waals surface area contributed by atoms with E-state index in [1.54, 1.807) is 0 Å². The standard InChI is InChI=1S/C6H2AsF2IO/c8-3-1-2-4(10)5(7-11)6(3)9/h1-2H. The number of halogens is 3. The van der Waals surface area contributed by atoms with Crippen molar-refractivity contribution >= 4 is 42.6 Å². The molecular formula is C6H2AsF2IO. The van der Waals surface area contributed by atoms with Crippen molar-refractivity contribution in [1.82, 2.24) is 0 Å². The Morgan fingerprint density at radius 1 is 1.36 bits per heavy atom. The van der Waals surface area contributed by atoms with E-state index in [-0.39, 0.29) is 4.35 Å². The summed E-state index contributed by atoms with van der Waals surface area (Å²) in [7, 11) is 0. The van der Waals surface area contributed by atoms with Crippen LogP contribution in [0.2, 0.25) is 0 Å². The summed E-state index contributed by atoms with van der Waals surface area (Å²) in [5.41, 5.74) is 0. The fraction of sp³-hybridized carbons (Fsp3) is 0. The zero-order valence-electron chi connectivity index (χ0n) is 5.14. The van der Waals surface area contributed by atoms with E-state index in [9.17, 15) is 12.5 Å². The molecule has 0 amide bonds. The first-order chi connectivity index (χ1) is 5.16. The number of rotatable bonds is 1. The maximum atomic E-state index is 12.7. The summed E-state index contributed by atoms with van der Waals surface area (Å²) >= 11 is 0.330. The molecule has 58 valence electrons. The second-order valence-corrected chi connectivity index (χ2v) is 4.27. The summed E-state index contributed by atoms with van der Waals surface area (Å²) in [6, 6.07) is 2.43. The Hall–Kier alpha value is 0.168. The van der Waals surface area contributed by atoms with E-state index < -0.39 is 27.3 Å². The molecule has 0 unspecified atom stereocenters. The van der Waals surface area contributed by atoms with Crippen LogP contribution in [0.3, 0.4) is 0 Å². The molecule has 0 spiro atoms. The summed E-state index contributed by atoms with van der Waals surface area (Å²) in [4.78, 5) is 0. The Bertz CT molecular complexity index is 303. The molecule has 0 bridgehead atoms. The first-order valence-electron chi connectivity index (χ1n) is 2.63. The van der Waals surface area contributed by atoms with Crippen molar-refractivity contribution in [2.45, 2.75) is 0 Å². The number of hydrogen-bond donors (Lipinski definition) is 0. The molecule has 0 fully saturated rings. The molecule has 0 aromatic heterocycles. The van der Waals surface area contributed by atoms with Gasteiger partial charge in [-0.25, -0.2) is 0 Å². The Kier molecular flexibility index (Phi) is 3.13.